The molecule has 14 heavy (non-hydrogen) atoms. The third-order valence-corrected chi connectivity index (χ3v) is 3.00. The van der Waals surface area contributed by atoms with Crippen LogP contribution >= 0.6 is 12.2 Å². The van der Waals surface area contributed by atoms with Crippen molar-refractivity contribution in [2.24, 2.45) is 0 Å². The summed E-state index contributed by atoms with van der Waals surface area (Å²) in [4.78, 5) is 4.65. The summed E-state index contributed by atoms with van der Waals surface area (Å²) in [6, 6.07) is 0.533. The van der Waals surface area contributed by atoms with Crippen molar-refractivity contribution in [2.75, 3.05) is 33.2 Å². The third-order valence-electron chi connectivity index (χ3n) is 2.62. The Labute approximate surface area is 92.4 Å². The molecule has 1 rings (SSSR count). The number of hydrogen-bond acceptors (Lipinski definition) is 2. The highest BCUT2D eigenvalue weighted by molar-refractivity contribution is 7.80. The predicted octanol–water partition coefficient (Wildman–Crippen LogP) is 0.907. The van der Waals surface area contributed by atoms with Crippen LogP contribution in [0, 0.1) is 0 Å². The molecule has 0 aromatic carbocycles. The lowest BCUT2D eigenvalue weighted by atomic mass is 10.2. The molecule has 1 unspecified atom stereocenters. The quantitative estimate of drug-likeness (QED) is 0.690. The van der Waals surface area contributed by atoms with E-state index in [1.165, 1.54) is 0 Å². The number of thiocarbonyl (C=S) groups is 1. The highest BCUT2D eigenvalue weighted by atomic mass is 32.1. The van der Waals surface area contributed by atoms with Crippen LogP contribution in [0.5, 0.6) is 0 Å². The minimum absolute atomic E-state index is 0.533. The Morgan fingerprint density at radius 2 is 2.21 bits per heavy atom. The molecule has 1 saturated heterocycles. The van der Waals surface area contributed by atoms with Crippen LogP contribution in [0.3, 0.4) is 0 Å². The monoisotopic (exact) mass is 215 g/mol. The Morgan fingerprint density at radius 3 is 2.79 bits per heavy atom. The van der Waals surface area contributed by atoms with E-state index in [1.54, 1.807) is 0 Å². The molecule has 0 radical (unpaired) electrons. The summed E-state index contributed by atoms with van der Waals surface area (Å²) in [5.74, 6) is 0. The fourth-order valence-corrected chi connectivity index (χ4v) is 2.15. The minimum Gasteiger partial charge on any atom is -0.363 e. The largest absolute Gasteiger partial charge is 0.363 e. The average Bonchev–Trinajstić information content (AvgIpc) is 2.14. The number of hydrogen-bond donors (Lipinski definition) is 1. The van der Waals surface area contributed by atoms with Gasteiger partial charge in [-0.15, -0.1) is 0 Å². The summed E-state index contributed by atoms with van der Waals surface area (Å²) in [6.07, 6.45) is 1.13. The number of rotatable bonds is 2. The second-order valence-corrected chi connectivity index (χ2v) is 4.42. The van der Waals surface area contributed by atoms with Gasteiger partial charge in [-0.1, -0.05) is 6.92 Å². The number of nitrogens with one attached hydrogen (secondary N) is 1. The lowest BCUT2D eigenvalue weighted by Crippen LogP contribution is -2.55. The molecule has 0 spiro atoms. The smallest absolute Gasteiger partial charge is 0.169 e. The first-order valence-corrected chi connectivity index (χ1v) is 5.79. The summed E-state index contributed by atoms with van der Waals surface area (Å²) in [5, 5.41) is 4.21. The van der Waals surface area contributed by atoms with Gasteiger partial charge in [-0.25, -0.2) is 0 Å². The van der Waals surface area contributed by atoms with Gasteiger partial charge >= 0.3 is 0 Å². The summed E-state index contributed by atoms with van der Waals surface area (Å²) in [5.41, 5.74) is 0. The fourth-order valence-electron chi connectivity index (χ4n) is 1.77. The first-order chi connectivity index (χ1) is 6.65. The van der Waals surface area contributed by atoms with Crippen LogP contribution in [0.2, 0.25) is 0 Å². The van der Waals surface area contributed by atoms with E-state index in [-0.39, 0.29) is 0 Å². The molecule has 0 aromatic heterocycles. The molecule has 0 aliphatic carbocycles. The van der Waals surface area contributed by atoms with Crippen molar-refractivity contribution >= 4 is 17.3 Å². The van der Waals surface area contributed by atoms with Gasteiger partial charge in [-0.3, -0.25) is 0 Å². The molecule has 1 aliphatic rings. The number of likely N-dealkylation sites (N-methyl/N-ethyl adjacent to an activating group) is 1. The molecule has 0 bridgehead atoms. The van der Waals surface area contributed by atoms with Crippen molar-refractivity contribution in [3.05, 3.63) is 0 Å². The van der Waals surface area contributed by atoms with Gasteiger partial charge in [-0.2, -0.15) is 0 Å². The highest BCUT2D eigenvalue weighted by Crippen LogP contribution is 2.07. The van der Waals surface area contributed by atoms with Crippen LogP contribution in [-0.2, 0) is 0 Å². The molecule has 1 fully saturated rings. The Morgan fingerprint density at radius 1 is 1.50 bits per heavy atom. The Kier molecular flexibility index (Phi) is 4.62. The molecule has 1 atom stereocenters. The standard InChI is InChI=1S/C10H21N3S/c1-4-5-11-10(14)13-7-6-12(3)8-9(13)2/h9H,4-8H2,1-3H3,(H,11,14). The SMILES string of the molecule is CCCNC(=S)N1CCN(C)CC1C. The lowest BCUT2D eigenvalue weighted by molar-refractivity contribution is 0.160. The van der Waals surface area contributed by atoms with Crippen molar-refractivity contribution in [2.45, 2.75) is 26.3 Å². The van der Waals surface area contributed by atoms with E-state index in [0.717, 1.165) is 37.7 Å². The maximum atomic E-state index is 5.35. The van der Waals surface area contributed by atoms with Crippen molar-refractivity contribution in [1.29, 1.82) is 0 Å². The predicted molar refractivity (Wildman–Crippen MR) is 64.6 cm³/mol. The fraction of sp³-hybridized carbons (Fsp3) is 0.900. The minimum atomic E-state index is 0.533. The van der Waals surface area contributed by atoms with Crippen molar-refractivity contribution in [3.8, 4) is 0 Å². The molecule has 1 heterocycles. The molecule has 3 nitrogen and oxygen atoms in total. The van der Waals surface area contributed by atoms with E-state index in [9.17, 15) is 0 Å². The van der Waals surface area contributed by atoms with Crippen LogP contribution in [0.15, 0.2) is 0 Å². The first kappa shape index (κ1) is 11.7. The number of nitrogens with zero attached hydrogens (tertiary/aromatic N) is 2. The third kappa shape index (κ3) is 3.10. The maximum Gasteiger partial charge on any atom is 0.169 e. The van der Waals surface area contributed by atoms with E-state index in [4.69, 9.17) is 12.2 Å². The van der Waals surface area contributed by atoms with Crippen LogP contribution in [0.1, 0.15) is 20.3 Å². The summed E-state index contributed by atoms with van der Waals surface area (Å²) in [6.45, 7) is 8.63. The summed E-state index contributed by atoms with van der Waals surface area (Å²) < 4.78 is 0. The Hall–Kier alpha value is -0.350. The van der Waals surface area contributed by atoms with E-state index in [2.05, 4.69) is 36.0 Å². The van der Waals surface area contributed by atoms with Crippen LogP contribution in [0.25, 0.3) is 0 Å². The van der Waals surface area contributed by atoms with E-state index in [1.807, 2.05) is 0 Å². The van der Waals surface area contributed by atoms with Crippen LogP contribution in [0.4, 0.5) is 0 Å². The highest BCUT2D eigenvalue weighted by Gasteiger charge is 2.22. The van der Waals surface area contributed by atoms with Gasteiger partial charge in [-0.05, 0) is 32.6 Å². The van der Waals surface area contributed by atoms with Gasteiger partial charge in [0.05, 0.1) is 0 Å². The molecular formula is C10H21N3S. The molecule has 1 aliphatic heterocycles. The zero-order valence-electron chi connectivity index (χ0n) is 9.42. The molecule has 0 amide bonds. The van der Waals surface area contributed by atoms with Gasteiger partial charge in [0.15, 0.2) is 5.11 Å². The van der Waals surface area contributed by atoms with E-state index in [0.29, 0.717) is 6.04 Å². The van der Waals surface area contributed by atoms with E-state index >= 15 is 0 Å². The van der Waals surface area contributed by atoms with Gasteiger partial charge in [0.2, 0.25) is 0 Å². The van der Waals surface area contributed by atoms with Crippen molar-refractivity contribution < 1.29 is 0 Å². The second kappa shape index (κ2) is 5.51. The number of piperazine rings is 1. The molecular weight excluding hydrogens is 194 g/mol. The Bertz CT molecular complexity index is 196. The zero-order chi connectivity index (χ0) is 10.6. The molecule has 1 N–H and O–H groups in total. The van der Waals surface area contributed by atoms with Crippen LogP contribution < -0.4 is 5.32 Å². The van der Waals surface area contributed by atoms with Crippen molar-refractivity contribution in [3.63, 3.8) is 0 Å². The average molecular weight is 215 g/mol. The molecule has 82 valence electrons. The first-order valence-electron chi connectivity index (χ1n) is 5.38. The molecule has 0 saturated carbocycles. The van der Waals surface area contributed by atoms with E-state index < -0.39 is 0 Å². The Balaban J connectivity index is 2.39. The topological polar surface area (TPSA) is 18.5 Å². The van der Waals surface area contributed by atoms with Crippen LogP contribution in [-0.4, -0.2) is 54.2 Å². The maximum absolute atomic E-state index is 5.35. The van der Waals surface area contributed by atoms with Gasteiger partial charge in [0, 0.05) is 32.2 Å². The van der Waals surface area contributed by atoms with Gasteiger partial charge < -0.3 is 15.1 Å². The van der Waals surface area contributed by atoms with Gasteiger partial charge in [0.25, 0.3) is 0 Å². The summed E-state index contributed by atoms with van der Waals surface area (Å²) in [7, 11) is 2.16. The van der Waals surface area contributed by atoms with Gasteiger partial charge in [0.1, 0.15) is 0 Å². The summed E-state index contributed by atoms with van der Waals surface area (Å²) >= 11 is 5.35. The molecule has 4 heteroatoms. The lowest BCUT2D eigenvalue weighted by Gasteiger charge is -2.39. The molecule has 0 aromatic rings. The second-order valence-electron chi connectivity index (χ2n) is 4.04. The normalized spacial score (nSPS) is 23.6. The zero-order valence-corrected chi connectivity index (χ0v) is 10.2. The van der Waals surface area contributed by atoms with Crippen molar-refractivity contribution in [1.82, 2.24) is 15.1 Å².